The van der Waals surface area contributed by atoms with Gasteiger partial charge in [0.25, 0.3) is 0 Å². The summed E-state index contributed by atoms with van der Waals surface area (Å²) in [4.78, 5) is 0. The molecule has 12 heteroatoms. The maximum Gasteiger partial charge on any atom is 0.137 e. The van der Waals surface area contributed by atoms with Crippen LogP contribution < -0.4 is 10.6 Å². The summed E-state index contributed by atoms with van der Waals surface area (Å²) in [5, 5.41) is 82.4. The summed E-state index contributed by atoms with van der Waals surface area (Å²) in [6.07, 6.45) is -12.8. The van der Waals surface area contributed by atoms with E-state index in [1.165, 1.54) is 0 Å². The van der Waals surface area contributed by atoms with E-state index in [0.717, 1.165) is 0 Å². The average Bonchev–Trinajstić information content (AvgIpc) is 2.64. The second-order valence-electron chi connectivity index (χ2n) is 6.41. The fourth-order valence-corrected chi connectivity index (χ4v) is 2.97. The Balaban J connectivity index is 1.79. The topological polar surface area (TPSA) is 204 Å². The molecule has 0 aliphatic carbocycles. The minimum Gasteiger partial charge on any atom is -0.394 e. The lowest BCUT2D eigenvalue weighted by atomic mass is 9.98. The largest absolute Gasteiger partial charge is 0.394 e. The minimum absolute atomic E-state index is 0.164. The van der Waals surface area contributed by atoms with Gasteiger partial charge in [-0.05, 0) is 0 Å². The predicted molar refractivity (Wildman–Crippen MR) is 83.5 cm³/mol. The molecule has 2 rings (SSSR count). The third-order valence-corrected chi connectivity index (χ3v) is 4.60. The summed E-state index contributed by atoms with van der Waals surface area (Å²) in [5.41, 5.74) is 0. The Bertz CT molecular complexity index is 391. The summed E-state index contributed by atoms with van der Waals surface area (Å²) in [6, 6.07) is 0. The highest BCUT2D eigenvalue weighted by Gasteiger charge is 2.44. The van der Waals surface area contributed by atoms with Crippen molar-refractivity contribution in [3.8, 4) is 0 Å². The molecule has 154 valence electrons. The van der Waals surface area contributed by atoms with E-state index < -0.39 is 74.5 Å². The van der Waals surface area contributed by atoms with Crippen LogP contribution in [0, 0.1) is 0 Å². The van der Waals surface area contributed by atoms with Crippen LogP contribution in [-0.4, -0.2) is 128 Å². The summed E-state index contributed by atoms with van der Waals surface area (Å²) in [6.45, 7) is -0.742. The van der Waals surface area contributed by atoms with E-state index in [9.17, 15) is 30.6 Å². The fraction of sp³-hybridized carbons (Fsp3) is 1.00. The van der Waals surface area contributed by atoms with Crippen molar-refractivity contribution in [2.75, 3.05) is 26.3 Å². The molecule has 2 aliphatic heterocycles. The maximum absolute atomic E-state index is 9.89. The van der Waals surface area contributed by atoms with Crippen LogP contribution in [0.3, 0.4) is 0 Å². The van der Waals surface area contributed by atoms with Gasteiger partial charge in [-0.2, -0.15) is 0 Å². The van der Waals surface area contributed by atoms with Gasteiger partial charge in [0, 0.05) is 13.1 Å². The summed E-state index contributed by atoms with van der Waals surface area (Å²) in [5.74, 6) is 0. The van der Waals surface area contributed by atoms with E-state index in [2.05, 4.69) is 10.6 Å². The van der Waals surface area contributed by atoms with E-state index in [1.54, 1.807) is 0 Å². The highest BCUT2D eigenvalue weighted by atomic mass is 16.6. The molecule has 0 aromatic heterocycles. The fourth-order valence-electron chi connectivity index (χ4n) is 2.97. The Labute approximate surface area is 149 Å². The SMILES string of the molecule is OCC1OC(NCCNC2OC(CO)C(O)C(O)C2O)C(O)C(O)C1O. The highest BCUT2D eigenvalue weighted by molar-refractivity contribution is 4.92. The molecule has 10 unspecified atom stereocenters. The second kappa shape index (κ2) is 9.64. The highest BCUT2D eigenvalue weighted by Crippen LogP contribution is 2.20. The number of rotatable bonds is 7. The molecule has 2 heterocycles. The van der Waals surface area contributed by atoms with Gasteiger partial charge in [-0.25, -0.2) is 0 Å². The number of aliphatic hydroxyl groups excluding tert-OH is 8. The minimum atomic E-state index is -1.49. The standard InChI is InChI=1S/C14H28N2O10/c17-3-5-7(19)9(21)11(23)13(25-5)15-1-2-16-14-12(24)10(22)8(20)6(4-18)26-14/h5-24H,1-4H2. The van der Waals surface area contributed by atoms with Gasteiger partial charge >= 0.3 is 0 Å². The molecule has 0 saturated carbocycles. The van der Waals surface area contributed by atoms with Crippen LogP contribution in [0.15, 0.2) is 0 Å². The van der Waals surface area contributed by atoms with Crippen molar-refractivity contribution in [1.82, 2.24) is 10.6 Å². The molecule has 0 amide bonds. The first-order chi connectivity index (χ1) is 12.3. The summed E-state index contributed by atoms with van der Waals surface area (Å²) in [7, 11) is 0. The van der Waals surface area contributed by atoms with E-state index in [-0.39, 0.29) is 13.1 Å². The third-order valence-electron chi connectivity index (χ3n) is 4.60. The lowest BCUT2D eigenvalue weighted by Crippen LogP contribution is -2.64. The number of aliphatic hydroxyl groups is 8. The molecule has 0 aromatic rings. The van der Waals surface area contributed by atoms with Gasteiger partial charge in [0.2, 0.25) is 0 Å². The predicted octanol–water partition coefficient (Wildman–Crippen LogP) is -6.23. The molecule has 2 fully saturated rings. The third kappa shape index (κ3) is 4.67. The van der Waals surface area contributed by atoms with Crippen LogP contribution in [0.4, 0.5) is 0 Å². The van der Waals surface area contributed by atoms with Crippen LogP contribution in [0.2, 0.25) is 0 Å². The molecule has 10 atom stereocenters. The first-order valence-electron chi connectivity index (χ1n) is 8.39. The molecule has 2 aliphatic rings. The van der Waals surface area contributed by atoms with Gasteiger partial charge in [-0.3, -0.25) is 10.6 Å². The van der Waals surface area contributed by atoms with E-state index in [4.69, 9.17) is 19.7 Å². The molecule has 0 spiro atoms. The van der Waals surface area contributed by atoms with Crippen LogP contribution >= 0.6 is 0 Å². The van der Waals surface area contributed by atoms with Crippen LogP contribution in [0.1, 0.15) is 0 Å². The molecular weight excluding hydrogens is 356 g/mol. The first-order valence-corrected chi connectivity index (χ1v) is 8.39. The van der Waals surface area contributed by atoms with Gasteiger partial charge in [-0.1, -0.05) is 0 Å². The Morgan fingerprint density at radius 2 is 0.885 bits per heavy atom. The summed E-state index contributed by atoms with van der Waals surface area (Å²) >= 11 is 0. The van der Waals surface area contributed by atoms with Gasteiger partial charge in [0.1, 0.15) is 61.3 Å². The second-order valence-corrected chi connectivity index (χ2v) is 6.41. The van der Waals surface area contributed by atoms with Gasteiger partial charge < -0.3 is 50.3 Å². The number of hydrogen-bond donors (Lipinski definition) is 10. The van der Waals surface area contributed by atoms with Crippen LogP contribution in [0.5, 0.6) is 0 Å². The Kier molecular flexibility index (Phi) is 8.08. The quantitative estimate of drug-likeness (QED) is 0.186. The average molecular weight is 384 g/mol. The molecule has 2 saturated heterocycles. The maximum atomic E-state index is 9.89. The van der Waals surface area contributed by atoms with Crippen LogP contribution in [-0.2, 0) is 9.47 Å². The van der Waals surface area contributed by atoms with Crippen molar-refractivity contribution >= 4 is 0 Å². The van der Waals surface area contributed by atoms with E-state index in [1.807, 2.05) is 0 Å². The van der Waals surface area contributed by atoms with Gasteiger partial charge in [0.15, 0.2) is 0 Å². The summed E-state index contributed by atoms with van der Waals surface area (Å²) < 4.78 is 10.5. The lowest BCUT2D eigenvalue weighted by molar-refractivity contribution is -0.239. The number of hydrogen-bond acceptors (Lipinski definition) is 12. The van der Waals surface area contributed by atoms with E-state index in [0.29, 0.717) is 0 Å². The van der Waals surface area contributed by atoms with Crippen molar-refractivity contribution in [2.24, 2.45) is 0 Å². The zero-order valence-corrected chi connectivity index (χ0v) is 14.0. The van der Waals surface area contributed by atoms with Crippen molar-refractivity contribution < 1.29 is 50.3 Å². The van der Waals surface area contributed by atoms with Crippen molar-refractivity contribution in [1.29, 1.82) is 0 Å². The lowest BCUT2D eigenvalue weighted by Gasteiger charge is -2.41. The normalized spacial score (nSPS) is 47.1. The van der Waals surface area contributed by atoms with Crippen molar-refractivity contribution in [3.05, 3.63) is 0 Å². The Hall–Kier alpha value is -0.480. The number of ether oxygens (including phenoxy) is 2. The monoisotopic (exact) mass is 384 g/mol. The number of nitrogens with one attached hydrogen (secondary N) is 2. The van der Waals surface area contributed by atoms with Gasteiger partial charge in [0.05, 0.1) is 13.2 Å². The van der Waals surface area contributed by atoms with E-state index >= 15 is 0 Å². The Morgan fingerprint density at radius 1 is 0.538 bits per heavy atom. The van der Waals surface area contributed by atoms with Crippen molar-refractivity contribution in [3.63, 3.8) is 0 Å². The zero-order chi connectivity index (χ0) is 19.4. The zero-order valence-electron chi connectivity index (χ0n) is 14.0. The smallest absolute Gasteiger partial charge is 0.137 e. The molecule has 26 heavy (non-hydrogen) atoms. The van der Waals surface area contributed by atoms with Gasteiger partial charge in [-0.15, -0.1) is 0 Å². The van der Waals surface area contributed by atoms with Crippen LogP contribution in [0.25, 0.3) is 0 Å². The first kappa shape index (κ1) is 21.8. The molecule has 0 radical (unpaired) electrons. The molecular formula is C14H28N2O10. The molecule has 0 bridgehead atoms. The molecule has 10 N–H and O–H groups in total. The van der Waals surface area contributed by atoms with Crippen molar-refractivity contribution in [2.45, 2.75) is 61.3 Å². The molecule has 12 nitrogen and oxygen atoms in total. The Morgan fingerprint density at radius 3 is 1.19 bits per heavy atom. The molecule has 0 aromatic carbocycles.